The molecular formula is C20H19N5O. The van der Waals surface area contributed by atoms with Crippen LogP contribution in [-0.2, 0) is 24.8 Å². The molecule has 0 atom stereocenters. The smallest absolute Gasteiger partial charge is 0.224 e. The summed E-state index contributed by atoms with van der Waals surface area (Å²) in [6, 6.07) is 11.9. The highest BCUT2D eigenvalue weighted by atomic mass is 16.1. The van der Waals surface area contributed by atoms with Crippen molar-refractivity contribution in [2.75, 3.05) is 0 Å². The number of benzene rings is 1. The first-order valence-electron chi connectivity index (χ1n) is 8.45. The summed E-state index contributed by atoms with van der Waals surface area (Å²) in [5, 5.41) is 8.24. The van der Waals surface area contributed by atoms with Crippen LogP contribution in [0.1, 0.15) is 11.1 Å². The molecule has 4 rings (SSSR count). The number of aromatic nitrogens is 4. The van der Waals surface area contributed by atoms with Crippen molar-refractivity contribution in [1.82, 2.24) is 25.1 Å². The number of hydrogen-bond donors (Lipinski definition) is 2. The Morgan fingerprint density at radius 3 is 3.00 bits per heavy atom. The third kappa shape index (κ3) is 3.35. The van der Waals surface area contributed by atoms with E-state index in [9.17, 15) is 4.79 Å². The highest BCUT2D eigenvalue weighted by Crippen LogP contribution is 2.19. The van der Waals surface area contributed by atoms with Crippen LogP contribution in [0.3, 0.4) is 0 Å². The molecule has 26 heavy (non-hydrogen) atoms. The minimum absolute atomic E-state index is 0.00510. The van der Waals surface area contributed by atoms with Crippen LogP contribution >= 0.6 is 0 Å². The molecule has 2 N–H and O–H groups in total. The van der Waals surface area contributed by atoms with E-state index in [1.807, 2.05) is 55.8 Å². The summed E-state index contributed by atoms with van der Waals surface area (Å²) in [5.41, 5.74) is 4.86. The third-order valence-corrected chi connectivity index (χ3v) is 4.34. The Morgan fingerprint density at radius 2 is 2.15 bits per heavy atom. The van der Waals surface area contributed by atoms with E-state index < -0.39 is 0 Å². The first-order chi connectivity index (χ1) is 12.7. The number of rotatable bonds is 5. The lowest BCUT2D eigenvalue weighted by molar-refractivity contribution is -0.120. The van der Waals surface area contributed by atoms with Gasteiger partial charge < -0.3 is 10.3 Å². The molecule has 0 aliphatic rings. The zero-order valence-electron chi connectivity index (χ0n) is 14.4. The fourth-order valence-electron chi connectivity index (χ4n) is 3.01. The van der Waals surface area contributed by atoms with Gasteiger partial charge >= 0.3 is 0 Å². The maximum absolute atomic E-state index is 12.3. The molecule has 1 aromatic carbocycles. The number of pyridine rings is 1. The number of amides is 1. The molecule has 0 fully saturated rings. The van der Waals surface area contributed by atoms with Crippen LogP contribution in [0.5, 0.6) is 0 Å². The number of para-hydroxylation sites is 1. The standard InChI is InChI=1S/C20H19N5O/c1-25-13-16(12-24-25)19-8-14(6-7-21-19)10-23-20(26)9-15-11-22-18-5-3-2-4-17(15)18/h2-8,11-13,22H,9-10H2,1H3,(H,23,26). The third-order valence-electron chi connectivity index (χ3n) is 4.34. The molecule has 6 nitrogen and oxygen atoms in total. The number of fused-ring (bicyclic) bond motifs is 1. The molecule has 3 aromatic heterocycles. The summed E-state index contributed by atoms with van der Waals surface area (Å²) in [6.45, 7) is 0.469. The van der Waals surface area contributed by atoms with Gasteiger partial charge in [0.2, 0.25) is 5.91 Å². The topological polar surface area (TPSA) is 75.6 Å². The molecular weight excluding hydrogens is 326 g/mol. The summed E-state index contributed by atoms with van der Waals surface area (Å²) in [7, 11) is 1.87. The second-order valence-electron chi connectivity index (χ2n) is 6.27. The first-order valence-corrected chi connectivity index (χ1v) is 8.45. The minimum Gasteiger partial charge on any atom is -0.361 e. The van der Waals surface area contributed by atoms with Gasteiger partial charge in [0.1, 0.15) is 0 Å². The fourth-order valence-corrected chi connectivity index (χ4v) is 3.01. The zero-order chi connectivity index (χ0) is 17.9. The van der Waals surface area contributed by atoms with Crippen molar-refractivity contribution < 1.29 is 4.79 Å². The zero-order valence-corrected chi connectivity index (χ0v) is 14.4. The summed E-state index contributed by atoms with van der Waals surface area (Å²) in [4.78, 5) is 19.9. The maximum atomic E-state index is 12.3. The van der Waals surface area contributed by atoms with Crippen molar-refractivity contribution in [2.24, 2.45) is 7.05 Å². The quantitative estimate of drug-likeness (QED) is 0.584. The van der Waals surface area contributed by atoms with E-state index in [1.165, 1.54) is 0 Å². The molecule has 130 valence electrons. The number of aryl methyl sites for hydroxylation is 1. The van der Waals surface area contributed by atoms with Gasteiger partial charge in [0, 0.05) is 48.6 Å². The van der Waals surface area contributed by atoms with Crippen LogP contribution in [0, 0.1) is 0 Å². The van der Waals surface area contributed by atoms with Crippen molar-refractivity contribution >= 4 is 16.8 Å². The Bertz CT molecular complexity index is 1060. The molecule has 1 amide bonds. The van der Waals surface area contributed by atoms with E-state index in [0.29, 0.717) is 13.0 Å². The Balaban J connectivity index is 1.41. The van der Waals surface area contributed by atoms with Crippen LogP contribution in [0.2, 0.25) is 0 Å². The molecule has 0 saturated carbocycles. The largest absolute Gasteiger partial charge is 0.361 e. The molecule has 3 heterocycles. The van der Waals surface area contributed by atoms with Crippen LogP contribution in [0.25, 0.3) is 22.2 Å². The second-order valence-corrected chi connectivity index (χ2v) is 6.27. The number of nitrogens with one attached hydrogen (secondary N) is 2. The van der Waals surface area contributed by atoms with E-state index >= 15 is 0 Å². The van der Waals surface area contributed by atoms with Gasteiger partial charge in [-0.25, -0.2) is 0 Å². The Morgan fingerprint density at radius 1 is 1.27 bits per heavy atom. The van der Waals surface area contributed by atoms with Crippen molar-refractivity contribution in [3.63, 3.8) is 0 Å². The predicted molar refractivity (Wildman–Crippen MR) is 100 cm³/mol. The summed E-state index contributed by atoms with van der Waals surface area (Å²) in [6.07, 6.45) is 7.70. The lowest BCUT2D eigenvalue weighted by atomic mass is 10.1. The van der Waals surface area contributed by atoms with Gasteiger partial charge in [0.15, 0.2) is 0 Å². The van der Waals surface area contributed by atoms with Gasteiger partial charge in [-0.1, -0.05) is 18.2 Å². The van der Waals surface area contributed by atoms with Gasteiger partial charge in [0.25, 0.3) is 0 Å². The average Bonchev–Trinajstić information content (AvgIpc) is 3.27. The van der Waals surface area contributed by atoms with E-state index in [1.54, 1.807) is 17.1 Å². The monoisotopic (exact) mass is 345 g/mol. The Hall–Kier alpha value is -3.41. The minimum atomic E-state index is -0.00510. The summed E-state index contributed by atoms with van der Waals surface area (Å²) >= 11 is 0. The fraction of sp³-hybridized carbons (Fsp3) is 0.150. The highest BCUT2D eigenvalue weighted by Gasteiger charge is 2.09. The molecule has 0 spiro atoms. The highest BCUT2D eigenvalue weighted by molar-refractivity contribution is 5.88. The number of hydrogen-bond acceptors (Lipinski definition) is 3. The molecule has 0 bridgehead atoms. The van der Waals surface area contributed by atoms with Crippen LogP contribution in [0.4, 0.5) is 0 Å². The van der Waals surface area contributed by atoms with Gasteiger partial charge in [-0.15, -0.1) is 0 Å². The molecule has 0 saturated heterocycles. The van der Waals surface area contributed by atoms with Gasteiger partial charge in [-0.2, -0.15) is 5.10 Å². The average molecular weight is 345 g/mol. The van der Waals surface area contributed by atoms with Crippen molar-refractivity contribution in [3.05, 3.63) is 72.3 Å². The molecule has 4 aromatic rings. The lowest BCUT2D eigenvalue weighted by Gasteiger charge is -2.06. The van der Waals surface area contributed by atoms with Crippen molar-refractivity contribution in [1.29, 1.82) is 0 Å². The van der Waals surface area contributed by atoms with Crippen molar-refractivity contribution in [2.45, 2.75) is 13.0 Å². The second kappa shape index (κ2) is 6.84. The normalized spacial score (nSPS) is 11.0. The molecule has 0 aliphatic heterocycles. The van der Waals surface area contributed by atoms with Crippen molar-refractivity contribution in [3.8, 4) is 11.3 Å². The number of carbonyl (C=O) groups is 1. The van der Waals surface area contributed by atoms with Crippen LogP contribution < -0.4 is 5.32 Å². The summed E-state index contributed by atoms with van der Waals surface area (Å²) in [5.74, 6) is -0.00510. The summed E-state index contributed by atoms with van der Waals surface area (Å²) < 4.78 is 1.74. The molecule has 0 radical (unpaired) electrons. The number of H-pyrrole nitrogens is 1. The van der Waals surface area contributed by atoms with E-state index in [4.69, 9.17) is 0 Å². The molecule has 0 unspecified atom stereocenters. The van der Waals surface area contributed by atoms with E-state index in [0.717, 1.165) is 33.3 Å². The predicted octanol–water partition coefficient (Wildman–Crippen LogP) is 2.82. The van der Waals surface area contributed by atoms with Crippen LogP contribution in [0.15, 0.2) is 61.2 Å². The van der Waals surface area contributed by atoms with E-state index in [2.05, 4.69) is 20.4 Å². The number of aromatic amines is 1. The Kier molecular flexibility index (Phi) is 4.23. The number of carbonyl (C=O) groups excluding carboxylic acids is 1. The van der Waals surface area contributed by atoms with Crippen LogP contribution in [-0.4, -0.2) is 25.7 Å². The van der Waals surface area contributed by atoms with Gasteiger partial charge in [0.05, 0.1) is 18.3 Å². The maximum Gasteiger partial charge on any atom is 0.224 e. The SMILES string of the molecule is Cn1cc(-c2cc(CNC(=O)Cc3c[nH]c4ccccc34)ccn2)cn1. The van der Waals surface area contributed by atoms with Gasteiger partial charge in [-0.3, -0.25) is 14.5 Å². The number of nitrogens with zero attached hydrogens (tertiary/aromatic N) is 3. The molecule has 6 heteroatoms. The first kappa shape index (κ1) is 16.1. The Labute approximate surface area is 150 Å². The van der Waals surface area contributed by atoms with Gasteiger partial charge in [-0.05, 0) is 29.3 Å². The lowest BCUT2D eigenvalue weighted by Crippen LogP contribution is -2.24. The van der Waals surface area contributed by atoms with E-state index in [-0.39, 0.29) is 5.91 Å². The molecule has 0 aliphatic carbocycles.